The quantitative estimate of drug-likeness (QED) is 0.454. The third kappa shape index (κ3) is 8.87. The lowest BCUT2D eigenvalue weighted by Gasteiger charge is -2.22. The summed E-state index contributed by atoms with van der Waals surface area (Å²) >= 11 is 0. The first-order valence-corrected chi connectivity index (χ1v) is 8.10. The van der Waals surface area contributed by atoms with E-state index >= 15 is 0 Å². The van der Waals surface area contributed by atoms with Gasteiger partial charge in [-0.3, -0.25) is 0 Å². The van der Waals surface area contributed by atoms with E-state index in [9.17, 15) is 0 Å². The standard InChI is InChI=1S/C18H25N.C2H6.C2H4/c1-8-14(4)11-15-9-10-16(18(5,6)7)12-17(15)19-13(2)3;2*1-2/h8-10,12,19H,1-2,4,11H2,3,5-7H3;1-2H3;1-2H2. The highest BCUT2D eigenvalue weighted by Crippen LogP contribution is 2.29. The van der Waals surface area contributed by atoms with Crippen LogP contribution < -0.4 is 5.32 Å². The van der Waals surface area contributed by atoms with E-state index in [0.717, 1.165) is 23.4 Å². The van der Waals surface area contributed by atoms with Crippen LogP contribution in [0.2, 0.25) is 0 Å². The highest BCUT2D eigenvalue weighted by atomic mass is 14.9. The molecule has 0 atom stereocenters. The molecule has 1 nitrogen and oxygen atoms in total. The lowest BCUT2D eigenvalue weighted by Crippen LogP contribution is -2.12. The number of hydrogen-bond acceptors (Lipinski definition) is 1. The molecule has 0 aliphatic carbocycles. The van der Waals surface area contributed by atoms with Crippen molar-refractivity contribution in [2.75, 3.05) is 5.32 Å². The Bertz CT molecular complexity index is 515. The Balaban J connectivity index is 0. The second-order valence-electron chi connectivity index (χ2n) is 6.07. The Morgan fingerprint density at radius 2 is 1.65 bits per heavy atom. The SMILES string of the molecule is C=C.C=CC(=C)Cc1ccc(C(C)(C)C)cc1NC(=C)C.CC. The minimum atomic E-state index is 0.138. The van der Waals surface area contributed by atoms with E-state index < -0.39 is 0 Å². The molecule has 0 amide bonds. The fourth-order valence-corrected chi connectivity index (χ4v) is 1.86. The van der Waals surface area contributed by atoms with E-state index in [0.29, 0.717) is 0 Å². The third-order valence-corrected chi connectivity index (χ3v) is 3.03. The van der Waals surface area contributed by atoms with Crippen molar-refractivity contribution in [3.05, 3.63) is 79.6 Å². The first-order valence-electron chi connectivity index (χ1n) is 8.10. The Morgan fingerprint density at radius 3 is 2.04 bits per heavy atom. The molecule has 0 aliphatic heterocycles. The Labute approximate surface area is 144 Å². The molecule has 128 valence electrons. The van der Waals surface area contributed by atoms with Crippen LogP contribution >= 0.6 is 0 Å². The van der Waals surface area contributed by atoms with Crippen molar-refractivity contribution in [2.45, 2.75) is 53.4 Å². The van der Waals surface area contributed by atoms with E-state index in [1.165, 1.54) is 11.1 Å². The van der Waals surface area contributed by atoms with Crippen LogP contribution in [0, 0.1) is 0 Å². The summed E-state index contributed by atoms with van der Waals surface area (Å²) in [7, 11) is 0. The van der Waals surface area contributed by atoms with Crippen LogP contribution in [0.4, 0.5) is 5.69 Å². The van der Waals surface area contributed by atoms with Crippen LogP contribution in [-0.2, 0) is 11.8 Å². The Hall–Kier alpha value is -2.02. The van der Waals surface area contributed by atoms with Crippen LogP contribution in [0.5, 0.6) is 0 Å². The molecule has 1 aromatic carbocycles. The van der Waals surface area contributed by atoms with Gasteiger partial charge >= 0.3 is 0 Å². The number of anilines is 1. The van der Waals surface area contributed by atoms with E-state index in [1.807, 2.05) is 26.8 Å². The van der Waals surface area contributed by atoms with Gasteiger partial charge in [-0.15, -0.1) is 13.2 Å². The zero-order chi connectivity index (χ0) is 18.6. The minimum Gasteiger partial charge on any atom is -0.359 e. The maximum Gasteiger partial charge on any atom is 0.0420 e. The molecule has 0 saturated heterocycles. The Morgan fingerprint density at radius 1 is 1.13 bits per heavy atom. The molecule has 0 fully saturated rings. The lowest BCUT2D eigenvalue weighted by molar-refractivity contribution is 0.590. The zero-order valence-electron chi connectivity index (χ0n) is 16.1. The molecule has 0 heterocycles. The number of benzene rings is 1. The molecule has 0 bridgehead atoms. The van der Waals surface area contributed by atoms with Crippen molar-refractivity contribution in [3.8, 4) is 0 Å². The highest BCUT2D eigenvalue weighted by molar-refractivity contribution is 5.58. The van der Waals surface area contributed by atoms with Gasteiger partial charge in [0, 0.05) is 11.4 Å². The second-order valence-corrected chi connectivity index (χ2v) is 6.07. The summed E-state index contributed by atoms with van der Waals surface area (Å²) in [6.07, 6.45) is 2.62. The van der Waals surface area contributed by atoms with Crippen LogP contribution in [0.25, 0.3) is 0 Å². The zero-order valence-corrected chi connectivity index (χ0v) is 16.1. The maximum atomic E-state index is 3.99. The van der Waals surface area contributed by atoms with Gasteiger partial charge in [0.2, 0.25) is 0 Å². The van der Waals surface area contributed by atoms with Crippen molar-refractivity contribution < 1.29 is 0 Å². The van der Waals surface area contributed by atoms with Crippen molar-refractivity contribution in [2.24, 2.45) is 0 Å². The minimum absolute atomic E-state index is 0.138. The molecule has 0 saturated carbocycles. The average molecular weight is 314 g/mol. The van der Waals surface area contributed by atoms with Gasteiger partial charge in [0.25, 0.3) is 0 Å². The summed E-state index contributed by atoms with van der Waals surface area (Å²) in [4.78, 5) is 0. The molecule has 0 spiro atoms. The highest BCUT2D eigenvalue weighted by Gasteiger charge is 2.15. The third-order valence-electron chi connectivity index (χ3n) is 3.03. The number of rotatable bonds is 5. The topological polar surface area (TPSA) is 12.0 Å². The van der Waals surface area contributed by atoms with Crippen LogP contribution in [0.1, 0.15) is 52.7 Å². The lowest BCUT2D eigenvalue weighted by atomic mass is 9.85. The molecule has 0 aromatic heterocycles. The summed E-state index contributed by atoms with van der Waals surface area (Å²) in [6.45, 7) is 30.3. The molecular weight excluding hydrogens is 278 g/mol. The summed E-state index contributed by atoms with van der Waals surface area (Å²) in [6, 6.07) is 6.57. The van der Waals surface area contributed by atoms with E-state index in [2.05, 4.69) is 77.2 Å². The normalized spacial score (nSPS) is 9.48. The summed E-state index contributed by atoms with van der Waals surface area (Å²) in [5.74, 6) is 0. The summed E-state index contributed by atoms with van der Waals surface area (Å²) < 4.78 is 0. The van der Waals surface area contributed by atoms with Gasteiger partial charge in [0.1, 0.15) is 0 Å². The number of allylic oxidation sites excluding steroid dienone is 3. The molecular formula is C22H35N. The van der Waals surface area contributed by atoms with Crippen molar-refractivity contribution in [3.63, 3.8) is 0 Å². The fourth-order valence-electron chi connectivity index (χ4n) is 1.86. The van der Waals surface area contributed by atoms with E-state index in [1.54, 1.807) is 0 Å². The number of nitrogens with one attached hydrogen (secondary N) is 1. The van der Waals surface area contributed by atoms with Gasteiger partial charge in [-0.1, -0.05) is 78.1 Å². The molecule has 0 aliphatic rings. The summed E-state index contributed by atoms with van der Waals surface area (Å²) in [5, 5.41) is 3.35. The van der Waals surface area contributed by atoms with Crippen molar-refractivity contribution in [1.82, 2.24) is 0 Å². The molecule has 23 heavy (non-hydrogen) atoms. The molecule has 1 rings (SSSR count). The number of hydrogen-bond donors (Lipinski definition) is 1. The molecule has 1 heteroatoms. The van der Waals surface area contributed by atoms with Crippen molar-refractivity contribution >= 4 is 5.69 Å². The first-order chi connectivity index (χ1) is 10.7. The monoisotopic (exact) mass is 313 g/mol. The van der Waals surface area contributed by atoms with Gasteiger partial charge in [-0.05, 0) is 36.0 Å². The second kappa shape index (κ2) is 11.5. The summed E-state index contributed by atoms with van der Waals surface area (Å²) in [5.41, 5.74) is 5.75. The predicted octanol–water partition coefficient (Wildman–Crippen LogP) is 7.04. The van der Waals surface area contributed by atoms with Gasteiger partial charge in [-0.25, -0.2) is 0 Å². The van der Waals surface area contributed by atoms with Gasteiger partial charge in [0.05, 0.1) is 0 Å². The van der Waals surface area contributed by atoms with E-state index in [4.69, 9.17) is 0 Å². The van der Waals surface area contributed by atoms with Crippen LogP contribution in [-0.4, -0.2) is 0 Å². The van der Waals surface area contributed by atoms with E-state index in [-0.39, 0.29) is 5.41 Å². The first kappa shape index (κ1) is 23.2. The predicted molar refractivity (Wildman–Crippen MR) is 109 cm³/mol. The van der Waals surface area contributed by atoms with Gasteiger partial charge < -0.3 is 5.32 Å². The van der Waals surface area contributed by atoms with Gasteiger partial charge in [-0.2, -0.15) is 0 Å². The molecule has 1 N–H and O–H groups in total. The Kier molecular flexibility index (Phi) is 11.7. The average Bonchev–Trinajstić information content (AvgIpc) is 2.51. The fraction of sp³-hybridized carbons (Fsp3) is 0.364. The van der Waals surface area contributed by atoms with Crippen molar-refractivity contribution in [1.29, 1.82) is 0 Å². The molecule has 1 aromatic rings. The maximum absolute atomic E-state index is 3.99. The smallest absolute Gasteiger partial charge is 0.0420 e. The van der Waals surface area contributed by atoms with Gasteiger partial charge in [0.15, 0.2) is 0 Å². The molecule has 0 unspecified atom stereocenters. The van der Waals surface area contributed by atoms with Crippen LogP contribution in [0.15, 0.2) is 68.4 Å². The molecule has 0 radical (unpaired) electrons. The largest absolute Gasteiger partial charge is 0.359 e. The van der Waals surface area contributed by atoms with Crippen LogP contribution in [0.3, 0.4) is 0 Å².